The second-order valence-electron chi connectivity index (χ2n) is 16.9. The van der Waals surface area contributed by atoms with Crippen LogP contribution in [0.3, 0.4) is 0 Å². The largest absolute Gasteiger partial charge is 0.512 e. The summed E-state index contributed by atoms with van der Waals surface area (Å²) in [6.07, 6.45) is 12.4. The second-order valence-corrected chi connectivity index (χ2v) is 16.9. The molecule has 6 rings (SSSR count). The second kappa shape index (κ2) is 19.4. The van der Waals surface area contributed by atoms with E-state index in [1.54, 1.807) is 12.3 Å². The van der Waals surface area contributed by atoms with Crippen LogP contribution in [0.1, 0.15) is 147 Å². The molecule has 1 saturated carbocycles. The first-order chi connectivity index (χ1) is 26.6. The van der Waals surface area contributed by atoms with Crippen molar-refractivity contribution in [3.05, 3.63) is 107 Å². The first-order valence-corrected chi connectivity index (χ1v) is 20.7. The molecule has 0 saturated heterocycles. The predicted octanol–water partition coefficient (Wildman–Crippen LogP) is 14.0. The number of ketones is 1. The standard InChI is InChI=1S/C36H36F3N2.C13H24O2.Ir/c1-34(2,36(37,38)39)21-23-14-15-31(41-22-23)30-20-26-16-17-40-33(32(26)35(30,3)4)27-18-25-12-8-9-13-28(25)29(19-27)24-10-6-5-7-11-24;1-5-10(6-2)12(14)9-13(15)11(7-3)8-4;/h8-9,12-17,19-20,22,24H,5-7,10-11,21H2,1-4H3;9-11,14H,5-8H2,1-4H3;/q-1;;/b;12-9-;. The summed E-state index contributed by atoms with van der Waals surface area (Å²) in [7, 11) is 0. The Hall–Kier alpha value is -3.61. The number of carbonyl (C=O) groups excluding carboxylic acids is 1. The fourth-order valence-corrected chi connectivity index (χ4v) is 8.54. The van der Waals surface area contributed by atoms with Crippen LogP contribution in [0.5, 0.6) is 0 Å². The quantitative estimate of drug-likeness (QED) is 0.0873. The first-order valence-electron chi connectivity index (χ1n) is 20.7. The summed E-state index contributed by atoms with van der Waals surface area (Å²) < 4.78 is 40.4. The number of pyridine rings is 2. The van der Waals surface area contributed by atoms with Gasteiger partial charge in [-0.3, -0.25) is 14.8 Å². The van der Waals surface area contributed by atoms with Crippen molar-refractivity contribution in [1.29, 1.82) is 0 Å². The van der Waals surface area contributed by atoms with Crippen LogP contribution in [0.2, 0.25) is 0 Å². The molecule has 1 fully saturated rings. The molecule has 309 valence electrons. The van der Waals surface area contributed by atoms with Crippen molar-refractivity contribution in [2.24, 2.45) is 17.3 Å². The number of carbonyl (C=O) groups is 1. The SMILES string of the molecule is CC1(C)C(c2ccc(CC(C)(C)C(F)(F)F)cn2)=Cc2ccnc(-c3[c-]c4ccccc4c(C4CCCCC4)c3)c21.CCC(CC)C(=O)/C=C(\O)C(CC)CC.[Ir]. The molecule has 2 aromatic heterocycles. The first kappa shape index (κ1) is 46.1. The van der Waals surface area contributed by atoms with Crippen LogP contribution in [0.15, 0.2) is 72.8 Å². The van der Waals surface area contributed by atoms with Gasteiger partial charge in [-0.2, -0.15) is 13.2 Å². The molecule has 1 radical (unpaired) electrons. The Morgan fingerprint density at radius 2 is 1.58 bits per heavy atom. The number of rotatable bonds is 12. The van der Waals surface area contributed by atoms with Gasteiger partial charge in [0.25, 0.3) is 0 Å². The monoisotopic (exact) mass is 958 g/mol. The Labute approximate surface area is 352 Å². The summed E-state index contributed by atoms with van der Waals surface area (Å²) >= 11 is 0. The summed E-state index contributed by atoms with van der Waals surface area (Å²) in [6.45, 7) is 14.9. The van der Waals surface area contributed by atoms with Gasteiger partial charge < -0.3 is 5.11 Å². The number of aromatic nitrogens is 2. The van der Waals surface area contributed by atoms with E-state index in [0.29, 0.717) is 11.5 Å². The van der Waals surface area contributed by atoms with Crippen molar-refractivity contribution in [1.82, 2.24) is 9.97 Å². The van der Waals surface area contributed by atoms with E-state index in [9.17, 15) is 23.1 Å². The van der Waals surface area contributed by atoms with Gasteiger partial charge in [-0.05, 0) is 91.3 Å². The van der Waals surface area contributed by atoms with Gasteiger partial charge >= 0.3 is 6.18 Å². The number of nitrogens with zero attached hydrogens (tertiary/aromatic N) is 2. The van der Waals surface area contributed by atoms with E-state index in [-0.39, 0.29) is 49.9 Å². The number of aliphatic hydroxyl groups excluding tert-OH is 1. The Morgan fingerprint density at radius 1 is 0.930 bits per heavy atom. The van der Waals surface area contributed by atoms with Crippen molar-refractivity contribution in [2.45, 2.75) is 137 Å². The molecule has 4 aromatic rings. The van der Waals surface area contributed by atoms with E-state index < -0.39 is 17.0 Å². The van der Waals surface area contributed by atoms with Crippen LogP contribution < -0.4 is 0 Å². The average Bonchev–Trinajstić information content (AvgIpc) is 3.45. The summed E-state index contributed by atoms with van der Waals surface area (Å²) in [5, 5.41) is 12.2. The molecule has 0 atom stereocenters. The molecule has 2 aliphatic carbocycles. The Bertz CT molecular complexity index is 2030. The van der Waals surface area contributed by atoms with Crippen LogP contribution >= 0.6 is 0 Å². The van der Waals surface area contributed by atoms with Crippen molar-refractivity contribution in [3.8, 4) is 11.3 Å². The summed E-state index contributed by atoms with van der Waals surface area (Å²) in [6, 6.07) is 20.2. The van der Waals surface area contributed by atoms with E-state index in [2.05, 4.69) is 61.3 Å². The average molecular weight is 958 g/mol. The van der Waals surface area contributed by atoms with Gasteiger partial charge in [0.05, 0.1) is 16.9 Å². The fourth-order valence-electron chi connectivity index (χ4n) is 8.54. The molecular formula is C49H60F3IrN2O2-. The van der Waals surface area contributed by atoms with Gasteiger partial charge in [-0.1, -0.05) is 110 Å². The Kier molecular flexibility index (Phi) is 15.7. The zero-order chi connectivity index (χ0) is 40.8. The molecule has 0 bridgehead atoms. The van der Waals surface area contributed by atoms with E-state index in [4.69, 9.17) is 4.98 Å². The molecule has 8 heteroatoms. The number of benzene rings is 2. The molecule has 4 nitrogen and oxygen atoms in total. The van der Waals surface area contributed by atoms with Crippen LogP contribution in [0.4, 0.5) is 13.2 Å². The third-order valence-electron chi connectivity index (χ3n) is 12.3. The minimum Gasteiger partial charge on any atom is -0.512 e. The minimum atomic E-state index is -4.27. The maximum atomic E-state index is 13.5. The maximum Gasteiger partial charge on any atom is 0.394 e. The van der Waals surface area contributed by atoms with E-state index in [1.807, 2.05) is 46.0 Å². The number of halogens is 3. The van der Waals surface area contributed by atoms with Gasteiger partial charge in [-0.25, -0.2) is 0 Å². The van der Waals surface area contributed by atoms with E-state index >= 15 is 0 Å². The van der Waals surface area contributed by atoms with Crippen LogP contribution in [-0.2, 0) is 36.7 Å². The number of allylic oxidation sites excluding steroid dienone is 3. The van der Waals surface area contributed by atoms with Crippen LogP contribution in [0, 0.1) is 23.3 Å². The maximum absolute atomic E-state index is 13.5. The molecule has 0 spiro atoms. The van der Waals surface area contributed by atoms with Gasteiger partial charge in [0.15, 0.2) is 5.78 Å². The topological polar surface area (TPSA) is 63.1 Å². The molecule has 2 aliphatic rings. The van der Waals surface area contributed by atoms with Crippen molar-refractivity contribution in [3.63, 3.8) is 0 Å². The number of hydrogen-bond acceptors (Lipinski definition) is 4. The Balaban J connectivity index is 0.000000385. The number of alkyl halides is 3. The van der Waals surface area contributed by atoms with Gasteiger partial charge in [0.1, 0.15) is 0 Å². The third kappa shape index (κ3) is 10.3. The zero-order valence-electron chi connectivity index (χ0n) is 34.9. The van der Waals surface area contributed by atoms with E-state index in [0.717, 1.165) is 64.7 Å². The Morgan fingerprint density at radius 3 is 2.18 bits per heavy atom. The zero-order valence-corrected chi connectivity index (χ0v) is 37.3. The molecule has 2 aromatic carbocycles. The van der Waals surface area contributed by atoms with Gasteiger partial charge in [0, 0.05) is 61.5 Å². The third-order valence-corrected chi connectivity index (χ3v) is 12.3. The molecule has 0 amide bonds. The molecule has 57 heavy (non-hydrogen) atoms. The molecular weight excluding hydrogens is 898 g/mol. The molecule has 1 N–H and O–H groups in total. The smallest absolute Gasteiger partial charge is 0.394 e. The normalized spacial score (nSPS) is 15.9. The summed E-state index contributed by atoms with van der Waals surface area (Å²) in [5.41, 5.74) is 5.76. The van der Waals surface area contributed by atoms with Crippen LogP contribution in [0.25, 0.3) is 33.7 Å². The van der Waals surface area contributed by atoms with E-state index in [1.165, 1.54) is 63.0 Å². The predicted molar refractivity (Wildman–Crippen MR) is 224 cm³/mol. The van der Waals surface area contributed by atoms with Crippen molar-refractivity contribution >= 4 is 28.2 Å². The van der Waals surface area contributed by atoms with Gasteiger partial charge in [-0.15, -0.1) is 29.1 Å². The van der Waals surface area contributed by atoms with Crippen molar-refractivity contribution in [2.75, 3.05) is 0 Å². The fraction of sp³-hybridized carbons (Fsp3) is 0.490. The molecule has 0 aliphatic heterocycles. The summed E-state index contributed by atoms with van der Waals surface area (Å²) in [4.78, 5) is 21.3. The number of fused-ring (bicyclic) bond motifs is 2. The number of aliphatic hydroxyl groups is 1. The van der Waals surface area contributed by atoms with Gasteiger partial charge in [0.2, 0.25) is 0 Å². The van der Waals surface area contributed by atoms with Crippen LogP contribution in [-0.4, -0.2) is 27.0 Å². The minimum absolute atomic E-state index is 0. The van der Waals surface area contributed by atoms with Crippen molar-refractivity contribution < 1.29 is 43.2 Å². The number of hydrogen-bond donors (Lipinski definition) is 1. The molecule has 2 heterocycles. The molecule has 0 unspecified atom stereocenters. The summed E-state index contributed by atoms with van der Waals surface area (Å²) in [5.74, 6) is 1.09.